The normalized spacial score (nSPS) is 10.5. The van der Waals surface area contributed by atoms with E-state index in [1.54, 1.807) is 0 Å². The number of aromatic nitrogens is 2. The standard InChI is InChI=1S/C13H14N2OS/c1-9(2)8-17-13-15-14-12(16-13)11-6-4-5-10(3)7-11/h4-7H,1,8H2,2-3H3. The number of aryl methyl sites for hydroxylation is 1. The van der Waals surface area contributed by atoms with E-state index in [9.17, 15) is 0 Å². The lowest BCUT2D eigenvalue weighted by atomic mass is 10.1. The SMILES string of the molecule is C=C(C)CSc1nnc(-c2cccc(C)c2)o1. The molecule has 0 spiro atoms. The highest BCUT2D eigenvalue weighted by atomic mass is 32.2. The smallest absolute Gasteiger partial charge is 0.277 e. The average molecular weight is 246 g/mol. The van der Waals surface area contributed by atoms with Crippen LogP contribution in [0.3, 0.4) is 0 Å². The van der Waals surface area contributed by atoms with Crippen molar-refractivity contribution in [3.8, 4) is 11.5 Å². The molecular weight excluding hydrogens is 232 g/mol. The summed E-state index contributed by atoms with van der Waals surface area (Å²) in [5, 5.41) is 8.63. The summed E-state index contributed by atoms with van der Waals surface area (Å²) in [5.41, 5.74) is 3.22. The van der Waals surface area contributed by atoms with E-state index in [2.05, 4.69) is 16.8 Å². The van der Waals surface area contributed by atoms with Crippen molar-refractivity contribution in [2.75, 3.05) is 5.75 Å². The van der Waals surface area contributed by atoms with E-state index in [0.717, 1.165) is 16.9 Å². The fraction of sp³-hybridized carbons (Fsp3) is 0.231. The van der Waals surface area contributed by atoms with Crippen LogP contribution >= 0.6 is 11.8 Å². The maximum atomic E-state index is 5.57. The largest absolute Gasteiger partial charge is 0.411 e. The van der Waals surface area contributed by atoms with Crippen molar-refractivity contribution in [1.82, 2.24) is 10.2 Å². The summed E-state index contributed by atoms with van der Waals surface area (Å²) in [7, 11) is 0. The van der Waals surface area contributed by atoms with Crippen molar-refractivity contribution in [2.45, 2.75) is 19.1 Å². The summed E-state index contributed by atoms with van der Waals surface area (Å²) in [6.45, 7) is 7.85. The third-order valence-electron chi connectivity index (χ3n) is 2.11. The van der Waals surface area contributed by atoms with E-state index in [4.69, 9.17) is 4.42 Å². The van der Waals surface area contributed by atoms with Gasteiger partial charge in [-0.05, 0) is 26.0 Å². The first-order valence-electron chi connectivity index (χ1n) is 5.33. The van der Waals surface area contributed by atoms with Crippen LogP contribution in [0.1, 0.15) is 12.5 Å². The Morgan fingerprint density at radius 1 is 1.41 bits per heavy atom. The fourth-order valence-electron chi connectivity index (χ4n) is 1.35. The summed E-state index contributed by atoms with van der Waals surface area (Å²) in [4.78, 5) is 0. The summed E-state index contributed by atoms with van der Waals surface area (Å²) in [6.07, 6.45) is 0. The first kappa shape index (κ1) is 11.9. The van der Waals surface area contributed by atoms with Crippen molar-refractivity contribution in [3.63, 3.8) is 0 Å². The van der Waals surface area contributed by atoms with Crippen LogP contribution in [0, 0.1) is 6.92 Å². The molecule has 0 saturated carbocycles. The zero-order valence-electron chi connectivity index (χ0n) is 9.93. The van der Waals surface area contributed by atoms with E-state index < -0.39 is 0 Å². The topological polar surface area (TPSA) is 38.9 Å². The van der Waals surface area contributed by atoms with Crippen LogP contribution in [0.4, 0.5) is 0 Å². The third-order valence-corrected chi connectivity index (χ3v) is 3.16. The van der Waals surface area contributed by atoms with Gasteiger partial charge in [0.05, 0.1) is 0 Å². The minimum absolute atomic E-state index is 0.568. The second-order valence-corrected chi connectivity index (χ2v) is 4.91. The van der Waals surface area contributed by atoms with Crippen molar-refractivity contribution in [2.24, 2.45) is 0 Å². The van der Waals surface area contributed by atoms with Crippen LogP contribution in [0.2, 0.25) is 0 Å². The van der Waals surface area contributed by atoms with Gasteiger partial charge >= 0.3 is 0 Å². The Labute approximate surface area is 105 Å². The Hall–Kier alpha value is -1.55. The van der Waals surface area contributed by atoms with E-state index in [1.165, 1.54) is 17.3 Å². The van der Waals surface area contributed by atoms with Gasteiger partial charge in [0.2, 0.25) is 5.89 Å². The number of benzene rings is 1. The fourth-order valence-corrected chi connectivity index (χ4v) is 1.95. The number of nitrogens with zero attached hydrogens (tertiary/aromatic N) is 2. The minimum atomic E-state index is 0.568. The number of hydrogen-bond donors (Lipinski definition) is 0. The van der Waals surface area contributed by atoms with E-state index in [1.807, 2.05) is 38.1 Å². The molecule has 0 amide bonds. The highest BCUT2D eigenvalue weighted by Gasteiger charge is 2.08. The van der Waals surface area contributed by atoms with Crippen LogP contribution in [0.25, 0.3) is 11.5 Å². The van der Waals surface area contributed by atoms with Crippen LogP contribution in [0.15, 0.2) is 46.1 Å². The molecule has 0 N–H and O–H groups in total. The average Bonchev–Trinajstić information content (AvgIpc) is 2.75. The zero-order valence-corrected chi connectivity index (χ0v) is 10.8. The van der Waals surface area contributed by atoms with Crippen LogP contribution < -0.4 is 0 Å². The van der Waals surface area contributed by atoms with Gasteiger partial charge in [0.15, 0.2) is 0 Å². The maximum Gasteiger partial charge on any atom is 0.277 e. The lowest BCUT2D eigenvalue weighted by molar-refractivity contribution is 0.466. The van der Waals surface area contributed by atoms with Gasteiger partial charge in [-0.15, -0.1) is 10.2 Å². The predicted molar refractivity (Wildman–Crippen MR) is 70.0 cm³/mol. The van der Waals surface area contributed by atoms with Crippen molar-refractivity contribution in [1.29, 1.82) is 0 Å². The maximum absolute atomic E-state index is 5.57. The number of rotatable bonds is 4. The highest BCUT2D eigenvalue weighted by Crippen LogP contribution is 2.24. The summed E-state index contributed by atoms with van der Waals surface area (Å²) < 4.78 is 5.57. The first-order chi connectivity index (χ1) is 8.15. The molecule has 0 bridgehead atoms. The summed E-state index contributed by atoms with van der Waals surface area (Å²) >= 11 is 1.51. The molecule has 1 aromatic carbocycles. The van der Waals surface area contributed by atoms with Gasteiger partial charge in [-0.1, -0.05) is 41.6 Å². The Kier molecular flexibility index (Phi) is 3.64. The molecule has 17 heavy (non-hydrogen) atoms. The van der Waals surface area contributed by atoms with Gasteiger partial charge in [0.25, 0.3) is 5.22 Å². The molecule has 0 atom stereocenters. The molecular formula is C13H14N2OS. The van der Waals surface area contributed by atoms with Crippen LogP contribution in [-0.4, -0.2) is 16.0 Å². The molecule has 1 heterocycles. The van der Waals surface area contributed by atoms with E-state index >= 15 is 0 Å². The molecule has 4 heteroatoms. The summed E-state index contributed by atoms with van der Waals surface area (Å²) in [6, 6.07) is 8.01. The second-order valence-electron chi connectivity index (χ2n) is 3.99. The lowest BCUT2D eigenvalue weighted by Gasteiger charge is -1.96. The van der Waals surface area contributed by atoms with Crippen molar-refractivity contribution in [3.05, 3.63) is 42.0 Å². The Balaban J connectivity index is 2.15. The van der Waals surface area contributed by atoms with E-state index in [-0.39, 0.29) is 0 Å². The van der Waals surface area contributed by atoms with Gasteiger partial charge in [-0.3, -0.25) is 0 Å². The van der Waals surface area contributed by atoms with Crippen molar-refractivity contribution >= 4 is 11.8 Å². The first-order valence-corrected chi connectivity index (χ1v) is 6.31. The third kappa shape index (κ3) is 3.20. The molecule has 0 aliphatic carbocycles. The van der Waals surface area contributed by atoms with Gasteiger partial charge in [-0.25, -0.2) is 0 Å². The molecule has 2 aromatic rings. The molecule has 3 nitrogen and oxygen atoms in total. The Morgan fingerprint density at radius 2 is 2.24 bits per heavy atom. The number of thioether (sulfide) groups is 1. The molecule has 88 valence electrons. The Bertz CT molecular complexity index is 534. The molecule has 1 aromatic heterocycles. The monoisotopic (exact) mass is 246 g/mol. The Morgan fingerprint density at radius 3 is 2.94 bits per heavy atom. The predicted octanol–water partition coefficient (Wildman–Crippen LogP) is 3.71. The lowest BCUT2D eigenvalue weighted by Crippen LogP contribution is -1.79. The molecule has 0 aliphatic heterocycles. The van der Waals surface area contributed by atoms with Gasteiger partial charge in [-0.2, -0.15) is 0 Å². The van der Waals surface area contributed by atoms with Gasteiger partial charge < -0.3 is 4.42 Å². The zero-order chi connectivity index (χ0) is 12.3. The molecule has 0 radical (unpaired) electrons. The molecule has 2 rings (SSSR count). The quantitative estimate of drug-likeness (QED) is 0.609. The highest BCUT2D eigenvalue weighted by molar-refractivity contribution is 7.99. The van der Waals surface area contributed by atoms with Crippen molar-refractivity contribution < 1.29 is 4.42 Å². The van der Waals surface area contributed by atoms with Gasteiger partial charge in [0.1, 0.15) is 0 Å². The minimum Gasteiger partial charge on any atom is -0.411 e. The molecule has 0 unspecified atom stereocenters. The van der Waals surface area contributed by atoms with Crippen LogP contribution in [0.5, 0.6) is 0 Å². The molecule has 0 saturated heterocycles. The van der Waals surface area contributed by atoms with Crippen LogP contribution in [-0.2, 0) is 0 Å². The summed E-state index contributed by atoms with van der Waals surface area (Å²) in [5.74, 6) is 1.37. The van der Waals surface area contributed by atoms with Gasteiger partial charge in [0, 0.05) is 11.3 Å². The number of hydrogen-bond acceptors (Lipinski definition) is 4. The second kappa shape index (κ2) is 5.19. The molecule has 0 aliphatic rings. The van der Waals surface area contributed by atoms with E-state index in [0.29, 0.717) is 11.1 Å². The molecule has 0 fully saturated rings.